The number of hydrogen-bond donors (Lipinski definition) is 1. The van der Waals surface area contributed by atoms with Crippen molar-refractivity contribution in [3.05, 3.63) is 40.4 Å². The molecule has 2 aromatic rings. The predicted molar refractivity (Wildman–Crippen MR) is 75.6 cm³/mol. The summed E-state index contributed by atoms with van der Waals surface area (Å²) in [4.78, 5) is 4.11. The molecule has 0 fully saturated rings. The molecular formula is C13H13F2N3OS. The van der Waals surface area contributed by atoms with Gasteiger partial charge in [0.25, 0.3) is 0 Å². The van der Waals surface area contributed by atoms with Crippen molar-refractivity contribution in [3.63, 3.8) is 0 Å². The number of nitrogens with zero attached hydrogens (tertiary/aromatic N) is 2. The van der Waals surface area contributed by atoms with Crippen LogP contribution in [0.15, 0.2) is 22.6 Å². The van der Waals surface area contributed by atoms with Gasteiger partial charge in [-0.15, -0.1) is 11.3 Å². The summed E-state index contributed by atoms with van der Waals surface area (Å²) in [5.74, 6) is -1.30. The highest BCUT2D eigenvalue weighted by Crippen LogP contribution is 2.20. The van der Waals surface area contributed by atoms with Crippen LogP contribution in [0.4, 0.5) is 13.9 Å². The molecule has 1 aromatic heterocycles. The third kappa shape index (κ3) is 3.51. The highest BCUT2D eigenvalue weighted by molar-refractivity contribution is 7.13. The van der Waals surface area contributed by atoms with Crippen molar-refractivity contribution in [2.45, 2.75) is 13.8 Å². The molecule has 0 saturated carbocycles. The number of rotatable bonds is 5. The van der Waals surface area contributed by atoms with Crippen LogP contribution < -0.4 is 10.2 Å². The molecule has 1 N–H and O–H groups in total. The summed E-state index contributed by atoms with van der Waals surface area (Å²) in [7, 11) is 0. The number of aryl methyl sites for hydroxylation is 1. The first-order valence-corrected chi connectivity index (χ1v) is 6.81. The number of anilines is 1. The topological polar surface area (TPSA) is 46.5 Å². The molecular weight excluding hydrogens is 284 g/mol. The molecule has 4 nitrogen and oxygen atoms in total. The van der Waals surface area contributed by atoms with Gasteiger partial charge >= 0.3 is 0 Å². The zero-order chi connectivity index (χ0) is 14.5. The van der Waals surface area contributed by atoms with Gasteiger partial charge in [-0.25, -0.2) is 13.8 Å². The average molecular weight is 297 g/mol. The Morgan fingerprint density at radius 1 is 1.40 bits per heavy atom. The molecule has 0 atom stereocenters. The molecule has 106 valence electrons. The first-order valence-electron chi connectivity index (χ1n) is 5.93. The molecule has 1 aromatic carbocycles. The van der Waals surface area contributed by atoms with E-state index in [0.29, 0.717) is 11.7 Å². The molecule has 2 rings (SSSR count). The predicted octanol–water partition coefficient (Wildman–Crippen LogP) is 3.57. The van der Waals surface area contributed by atoms with Gasteiger partial charge in [0, 0.05) is 17.5 Å². The van der Waals surface area contributed by atoms with Crippen molar-refractivity contribution in [2.75, 3.05) is 12.0 Å². The fourth-order valence-corrected chi connectivity index (χ4v) is 2.13. The van der Waals surface area contributed by atoms with Gasteiger partial charge < -0.3 is 4.74 Å². The maximum Gasteiger partial charge on any atom is 0.203 e. The van der Waals surface area contributed by atoms with Gasteiger partial charge in [0.15, 0.2) is 0 Å². The Labute approximate surface area is 119 Å². The Balaban J connectivity index is 2.12. The monoisotopic (exact) mass is 297 g/mol. The second-order valence-electron chi connectivity index (χ2n) is 3.90. The minimum absolute atomic E-state index is 0.156. The van der Waals surface area contributed by atoms with Crippen molar-refractivity contribution in [1.29, 1.82) is 0 Å². The van der Waals surface area contributed by atoms with E-state index in [0.717, 1.165) is 24.0 Å². The lowest BCUT2D eigenvalue weighted by Gasteiger charge is -2.05. The lowest BCUT2D eigenvalue weighted by atomic mass is 10.2. The number of nitrogens with one attached hydrogen (secondary N) is 1. The molecule has 0 aliphatic rings. The first-order chi connectivity index (χ1) is 9.60. The zero-order valence-corrected chi connectivity index (χ0v) is 11.8. The normalized spacial score (nSPS) is 11.0. The van der Waals surface area contributed by atoms with E-state index in [1.54, 1.807) is 6.92 Å². The minimum atomic E-state index is -0.727. The Kier molecular flexibility index (Phi) is 4.62. The number of aromatic nitrogens is 1. The largest absolute Gasteiger partial charge is 0.494 e. The van der Waals surface area contributed by atoms with Crippen LogP contribution in [0.3, 0.4) is 0 Å². The van der Waals surface area contributed by atoms with Gasteiger partial charge in [-0.3, -0.25) is 5.43 Å². The van der Waals surface area contributed by atoms with Crippen molar-refractivity contribution < 1.29 is 13.5 Å². The van der Waals surface area contributed by atoms with Crippen LogP contribution in [0.1, 0.15) is 18.2 Å². The second-order valence-corrected chi connectivity index (χ2v) is 4.76. The summed E-state index contributed by atoms with van der Waals surface area (Å²) < 4.78 is 32.5. The Hall–Kier alpha value is -2.02. The molecule has 0 saturated heterocycles. The van der Waals surface area contributed by atoms with Crippen molar-refractivity contribution >= 4 is 22.7 Å². The molecule has 0 spiro atoms. The van der Waals surface area contributed by atoms with Crippen molar-refractivity contribution in [3.8, 4) is 5.75 Å². The summed E-state index contributed by atoms with van der Waals surface area (Å²) in [5, 5.41) is 6.18. The van der Waals surface area contributed by atoms with E-state index in [1.165, 1.54) is 11.3 Å². The Bertz CT molecular complexity index is 605. The van der Waals surface area contributed by atoms with E-state index in [-0.39, 0.29) is 11.3 Å². The zero-order valence-electron chi connectivity index (χ0n) is 11.0. The minimum Gasteiger partial charge on any atom is -0.494 e. The molecule has 20 heavy (non-hydrogen) atoms. The average Bonchev–Trinajstić information content (AvgIpc) is 2.79. The van der Waals surface area contributed by atoms with E-state index >= 15 is 0 Å². The van der Waals surface area contributed by atoms with Gasteiger partial charge in [0.1, 0.15) is 17.4 Å². The molecule has 0 radical (unpaired) electrons. The molecule has 0 aliphatic carbocycles. The van der Waals surface area contributed by atoms with Gasteiger partial charge in [-0.2, -0.15) is 5.10 Å². The first kappa shape index (κ1) is 14.4. The lowest BCUT2D eigenvalue weighted by Crippen LogP contribution is -2.00. The number of hydrogen-bond acceptors (Lipinski definition) is 5. The van der Waals surface area contributed by atoms with Crippen LogP contribution in [0.5, 0.6) is 5.75 Å². The number of ether oxygens (including phenoxy) is 1. The van der Waals surface area contributed by atoms with Crippen LogP contribution in [-0.2, 0) is 0 Å². The van der Waals surface area contributed by atoms with Crippen molar-refractivity contribution in [1.82, 2.24) is 4.98 Å². The number of halogens is 2. The van der Waals surface area contributed by atoms with Crippen LogP contribution in [0.25, 0.3) is 0 Å². The smallest absolute Gasteiger partial charge is 0.203 e. The maximum atomic E-state index is 13.7. The van der Waals surface area contributed by atoms with Gasteiger partial charge in [0.2, 0.25) is 5.13 Å². The summed E-state index contributed by atoms with van der Waals surface area (Å²) in [6, 6.07) is 2.25. The van der Waals surface area contributed by atoms with Crippen molar-refractivity contribution in [2.24, 2.45) is 5.10 Å². The van der Waals surface area contributed by atoms with E-state index in [1.807, 2.05) is 12.3 Å². The lowest BCUT2D eigenvalue weighted by molar-refractivity contribution is 0.336. The third-order valence-electron chi connectivity index (χ3n) is 2.34. The fraction of sp³-hybridized carbons (Fsp3) is 0.231. The molecule has 0 aliphatic heterocycles. The number of hydrazone groups is 1. The molecule has 1 heterocycles. The van der Waals surface area contributed by atoms with E-state index in [2.05, 4.69) is 15.5 Å². The molecule has 7 heteroatoms. The van der Waals surface area contributed by atoms with Gasteiger partial charge in [-0.05, 0) is 13.8 Å². The molecule has 0 amide bonds. The van der Waals surface area contributed by atoms with Gasteiger partial charge in [-0.1, -0.05) is 0 Å². The van der Waals surface area contributed by atoms with Gasteiger partial charge in [0.05, 0.1) is 24.1 Å². The summed E-state index contributed by atoms with van der Waals surface area (Å²) in [5.41, 5.74) is 3.25. The van der Waals surface area contributed by atoms with E-state index in [9.17, 15) is 8.78 Å². The van der Waals surface area contributed by atoms with Crippen LogP contribution in [0, 0.1) is 18.6 Å². The third-order valence-corrected chi connectivity index (χ3v) is 3.20. The SMILES string of the molecule is CCOc1cc(F)c(C=NNc2nc(C)cs2)c(F)c1. The quantitative estimate of drug-likeness (QED) is 0.678. The van der Waals surface area contributed by atoms with Crippen LogP contribution in [-0.4, -0.2) is 17.8 Å². The second kappa shape index (κ2) is 6.42. The highest BCUT2D eigenvalue weighted by atomic mass is 32.1. The standard InChI is InChI=1S/C13H13F2N3OS/c1-3-19-9-4-11(14)10(12(15)5-9)6-16-18-13-17-8(2)7-20-13/h4-7H,3H2,1-2H3,(H,17,18). The van der Waals surface area contributed by atoms with Crippen LogP contribution in [0.2, 0.25) is 0 Å². The fourth-order valence-electron chi connectivity index (χ4n) is 1.49. The maximum absolute atomic E-state index is 13.7. The highest BCUT2D eigenvalue weighted by Gasteiger charge is 2.10. The summed E-state index contributed by atoms with van der Waals surface area (Å²) >= 11 is 1.36. The van der Waals surface area contributed by atoms with E-state index < -0.39 is 11.6 Å². The summed E-state index contributed by atoms with van der Waals surface area (Å²) in [6.45, 7) is 3.93. The number of benzene rings is 1. The van der Waals surface area contributed by atoms with Crippen LogP contribution >= 0.6 is 11.3 Å². The Morgan fingerprint density at radius 2 is 2.10 bits per heavy atom. The Morgan fingerprint density at radius 3 is 2.65 bits per heavy atom. The molecule has 0 bridgehead atoms. The molecule has 0 unspecified atom stereocenters. The number of thiazole rings is 1. The van der Waals surface area contributed by atoms with E-state index in [4.69, 9.17) is 4.74 Å². The summed E-state index contributed by atoms with van der Waals surface area (Å²) in [6.07, 6.45) is 1.08.